The fraction of sp³-hybridized carbons (Fsp3) is 0.688. The molecule has 132 valence electrons. The molecule has 1 aromatic rings. The van der Waals surface area contributed by atoms with Gasteiger partial charge in [0.05, 0.1) is 6.10 Å². The predicted molar refractivity (Wildman–Crippen MR) is 87.7 cm³/mol. The number of piperazine rings is 1. The van der Waals surface area contributed by atoms with E-state index in [1.54, 1.807) is 4.90 Å². The highest BCUT2D eigenvalue weighted by Gasteiger charge is 2.33. The van der Waals surface area contributed by atoms with Gasteiger partial charge in [-0.15, -0.1) is 0 Å². The molecule has 2 fully saturated rings. The first-order valence-corrected chi connectivity index (χ1v) is 8.44. The second-order valence-electron chi connectivity index (χ2n) is 6.61. The molecule has 1 aromatic heterocycles. The van der Waals surface area contributed by atoms with E-state index < -0.39 is 5.69 Å². The number of aliphatic hydroxyl groups excluding tert-OH is 1. The van der Waals surface area contributed by atoms with Crippen LogP contribution in [0.3, 0.4) is 0 Å². The molecule has 24 heavy (non-hydrogen) atoms. The fourth-order valence-corrected chi connectivity index (χ4v) is 3.63. The van der Waals surface area contributed by atoms with Crippen molar-refractivity contribution in [3.8, 4) is 0 Å². The van der Waals surface area contributed by atoms with Crippen molar-refractivity contribution >= 4 is 5.91 Å². The van der Waals surface area contributed by atoms with Gasteiger partial charge in [-0.1, -0.05) is 0 Å². The van der Waals surface area contributed by atoms with Crippen molar-refractivity contribution in [1.82, 2.24) is 18.9 Å². The predicted octanol–water partition coefficient (Wildman–Crippen LogP) is -1.40. The Bertz CT molecular complexity index is 718. The highest BCUT2D eigenvalue weighted by molar-refractivity contribution is 5.76. The second-order valence-corrected chi connectivity index (χ2v) is 6.61. The van der Waals surface area contributed by atoms with Crippen molar-refractivity contribution in [2.45, 2.75) is 38.0 Å². The molecule has 2 aliphatic rings. The van der Waals surface area contributed by atoms with Crippen LogP contribution in [-0.2, 0) is 18.4 Å². The van der Waals surface area contributed by atoms with Gasteiger partial charge < -0.3 is 10.0 Å². The Balaban J connectivity index is 1.59. The molecule has 0 unspecified atom stereocenters. The molecule has 1 saturated carbocycles. The number of aromatic nitrogens is 2. The molecular formula is C16H24N4O4. The first kappa shape index (κ1) is 16.9. The van der Waals surface area contributed by atoms with E-state index in [9.17, 15) is 19.5 Å². The number of nitrogens with zero attached hydrogens (tertiary/aromatic N) is 4. The lowest BCUT2D eigenvalue weighted by molar-refractivity contribution is -0.134. The van der Waals surface area contributed by atoms with E-state index in [-0.39, 0.29) is 30.2 Å². The van der Waals surface area contributed by atoms with Gasteiger partial charge in [-0.25, -0.2) is 4.79 Å². The van der Waals surface area contributed by atoms with Crippen LogP contribution in [0, 0.1) is 0 Å². The van der Waals surface area contributed by atoms with E-state index >= 15 is 0 Å². The van der Waals surface area contributed by atoms with Crippen LogP contribution in [0.2, 0.25) is 0 Å². The molecule has 1 aliphatic carbocycles. The summed E-state index contributed by atoms with van der Waals surface area (Å²) in [6.45, 7) is 2.63. The molecule has 0 aromatic carbocycles. The van der Waals surface area contributed by atoms with Crippen LogP contribution >= 0.6 is 0 Å². The summed E-state index contributed by atoms with van der Waals surface area (Å²) >= 11 is 0. The van der Waals surface area contributed by atoms with Crippen molar-refractivity contribution in [3.63, 3.8) is 0 Å². The Morgan fingerprint density at radius 3 is 2.54 bits per heavy atom. The molecule has 0 bridgehead atoms. The number of carbonyl (C=O) groups excluding carboxylic acids is 1. The Hall–Kier alpha value is -1.93. The van der Waals surface area contributed by atoms with Gasteiger partial charge in [-0.3, -0.25) is 23.6 Å². The molecule has 0 radical (unpaired) electrons. The Labute approximate surface area is 139 Å². The van der Waals surface area contributed by atoms with E-state index in [0.29, 0.717) is 13.1 Å². The maximum atomic E-state index is 12.4. The molecule has 1 saturated heterocycles. The number of hydrogen-bond acceptors (Lipinski definition) is 5. The zero-order chi connectivity index (χ0) is 17.3. The SMILES string of the molecule is Cn1c(=O)ccn(CC(=O)N2CCN([C@H]3CCC[C@@H]3O)CC2)c1=O. The molecule has 1 amide bonds. The first-order valence-electron chi connectivity index (χ1n) is 8.44. The van der Waals surface area contributed by atoms with E-state index in [1.165, 1.54) is 23.9 Å². The quantitative estimate of drug-likeness (QED) is 0.734. The maximum Gasteiger partial charge on any atom is 0.331 e. The zero-order valence-electron chi connectivity index (χ0n) is 13.9. The minimum Gasteiger partial charge on any atom is -0.391 e. The number of rotatable bonds is 3. The van der Waals surface area contributed by atoms with Crippen molar-refractivity contribution in [3.05, 3.63) is 33.1 Å². The molecule has 2 heterocycles. The van der Waals surface area contributed by atoms with Gasteiger partial charge in [0.1, 0.15) is 6.54 Å². The third-order valence-corrected chi connectivity index (χ3v) is 5.15. The van der Waals surface area contributed by atoms with E-state index in [4.69, 9.17) is 0 Å². The van der Waals surface area contributed by atoms with Crippen molar-refractivity contribution < 1.29 is 9.90 Å². The van der Waals surface area contributed by atoms with Crippen LogP contribution in [0.4, 0.5) is 0 Å². The fourth-order valence-electron chi connectivity index (χ4n) is 3.63. The van der Waals surface area contributed by atoms with Crippen LogP contribution in [0.1, 0.15) is 19.3 Å². The Kier molecular flexibility index (Phi) is 4.86. The summed E-state index contributed by atoms with van der Waals surface area (Å²) in [5.74, 6) is -0.123. The molecule has 0 spiro atoms. The van der Waals surface area contributed by atoms with Gasteiger partial charge >= 0.3 is 5.69 Å². The highest BCUT2D eigenvalue weighted by Crippen LogP contribution is 2.25. The summed E-state index contributed by atoms with van der Waals surface area (Å²) in [4.78, 5) is 39.8. The number of aliphatic hydroxyl groups is 1. The number of carbonyl (C=O) groups is 1. The molecule has 1 aliphatic heterocycles. The largest absolute Gasteiger partial charge is 0.391 e. The van der Waals surface area contributed by atoms with E-state index in [2.05, 4.69) is 4.90 Å². The summed E-state index contributed by atoms with van der Waals surface area (Å²) in [5, 5.41) is 10.0. The standard InChI is InChI=1S/C16H24N4O4/c1-17-14(22)5-6-20(16(17)24)11-15(23)19-9-7-18(8-10-19)12-3-2-4-13(12)21/h5-6,12-13,21H,2-4,7-11H2,1H3/t12-,13-/m0/s1. The number of hydrogen-bond donors (Lipinski definition) is 1. The highest BCUT2D eigenvalue weighted by atomic mass is 16.3. The molecular weight excluding hydrogens is 312 g/mol. The van der Waals surface area contributed by atoms with Gasteiger partial charge in [-0.05, 0) is 19.3 Å². The average molecular weight is 336 g/mol. The van der Waals surface area contributed by atoms with Gasteiger partial charge in [-0.2, -0.15) is 0 Å². The topological polar surface area (TPSA) is 87.8 Å². The molecule has 3 rings (SSSR count). The first-order chi connectivity index (χ1) is 11.5. The van der Waals surface area contributed by atoms with Crippen LogP contribution in [0.15, 0.2) is 21.9 Å². The van der Waals surface area contributed by atoms with E-state index in [1.807, 2.05) is 0 Å². The summed E-state index contributed by atoms with van der Waals surface area (Å²) < 4.78 is 2.25. The van der Waals surface area contributed by atoms with Crippen molar-refractivity contribution in [2.24, 2.45) is 7.05 Å². The minimum atomic E-state index is -0.483. The number of amides is 1. The van der Waals surface area contributed by atoms with Crippen LogP contribution in [0.25, 0.3) is 0 Å². The van der Waals surface area contributed by atoms with Crippen LogP contribution in [-0.4, -0.2) is 68.3 Å². The van der Waals surface area contributed by atoms with Gasteiger partial charge in [0, 0.05) is 51.5 Å². The van der Waals surface area contributed by atoms with Gasteiger partial charge in [0.15, 0.2) is 0 Å². The monoisotopic (exact) mass is 336 g/mol. The average Bonchev–Trinajstić information content (AvgIpc) is 3.01. The molecule has 8 heteroatoms. The summed E-state index contributed by atoms with van der Waals surface area (Å²) in [7, 11) is 1.40. The lowest BCUT2D eigenvalue weighted by atomic mass is 10.1. The van der Waals surface area contributed by atoms with Crippen LogP contribution in [0.5, 0.6) is 0 Å². The Morgan fingerprint density at radius 2 is 1.92 bits per heavy atom. The third-order valence-electron chi connectivity index (χ3n) is 5.15. The summed E-state index contributed by atoms with van der Waals surface area (Å²) in [6.07, 6.45) is 4.05. The second kappa shape index (κ2) is 6.90. The molecule has 8 nitrogen and oxygen atoms in total. The Morgan fingerprint density at radius 1 is 1.21 bits per heavy atom. The normalized spacial score (nSPS) is 25.2. The van der Waals surface area contributed by atoms with Crippen molar-refractivity contribution in [1.29, 1.82) is 0 Å². The van der Waals surface area contributed by atoms with Crippen LogP contribution < -0.4 is 11.2 Å². The summed E-state index contributed by atoms with van der Waals surface area (Å²) in [5.41, 5.74) is -0.865. The molecule has 2 atom stereocenters. The minimum absolute atomic E-state index is 0.0565. The third kappa shape index (κ3) is 3.29. The maximum absolute atomic E-state index is 12.4. The lowest BCUT2D eigenvalue weighted by Gasteiger charge is -2.39. The summed E-state index contributed by atoms with van der Waals surface area (Å²) in [6, 6.07) is 1.50. The zero-order valence-corrected chi connectivity index (χ0v) is 13.9. The van der Waals surface area contributed by atoms with Gasteiger partial charge in [0.25, 0.3) is 5.56 Å². The van der Waals surface area contributed by atoms with Crippen molar-refractivity contribution in [2.75, 3.05) is 26.2 Å². The van der Waals surface area contributed by atoms with E-state index in [0.717, 1.165) is 36.9 Å². The smallest absolute Gasteiger partial charge is 0.331 e. The lowest BCUT2D eigenvalue weighted by Crippen LogP contribution is -2.54. The van der Waals surface area contributed by atoms with Gasteiger partial charge in [0.2, 0.25) is 5.91 Å². The molecule has 1 N–H and O–H groups in total.